The molecule has 1 atom stereocenters. The van der Waals surface area contributed by atoms with Crippen LogP contribution in [-0.4, -0.2) is 30.2 Å². The quantitative estimate of drug-likeness (QED) is 0.848. The van der Waals surface area contributed by atoms with Crippen LogP contribution in [0.5, 0.6) is 0 Å². The third-order valence-electron chi connectivity index (χ3n) is 4.63. The predicted octanol–water partition coefficient (Wildman–Crippen LogP) is 4.36. The molecule has 2 aromatic rings. The lowest BCUT2D eigenvalue weighted by molar-refractivity contribution is 0.0803. The number of carbonyl (C=O) groups is 1. The van der Waals surface area contributed by atoms with Gasteiger partial charge in [0.2, 0.25) is 0 Å². The number of aryl methyl sites for hydroxylation is 2. The maximum atomic E-state index is 13.0. The van der Waals surface area contributed by atoms with Crippen molar-refractivity contribution >= 4 is 11.7 Å². The van der Waals surface area contributed by atoms with Crippen molar-refractivity contribution in [3.05, 3.63) is 53.5 Å². The van der Waals surface area contributed by atoms with E-state index in [4.69, 9.17) is 9.15 Å². The number of urea groups is 1. The lowest BCUT2D eigenvalue weighted by Gasteiger charge is -2.26. The molecule has 1 aliphatic heterocycles. The van der Waals surface area contributed by atoms with Gasteiger partial charge in [-0.25, -0.2) is 4.79 Å². The van der Waals surface area contributed by atoms with Crippen LogP contribution in [-0.2, 0) is 17.7 Å². The highest BCUT2D eigenvalue weighted by Gasteiger charge is 2.24. The van der Waals surface area contributed by atoms with Crippen LogP contribution >= 0.6 is 0 Å². The number of anilines is 1. The van der Waals surface area contributed by atoms with E-state index in [1.54, 1.807) is 11.2 Å². The van der Waals surface area contributed by atoms with Gasteiger partial charge in [-0.05, 0) is 49.4 Å². The average molecular weight is 342 g/mol. The third-order valence-corrected chi connectivity index (χ3v) is 4.63. The summed E-state index contributed by atoms with van der Waals surface area (Å²) in [5, 5.41) is 3.11. The summed E-state index contributed by atoms with van der Waals surface area (Å²) in [6.45, 7) is 5.90. The summed E-state index contributed by atoms with van der Waals surface area (Å²) in [5.41, 5.74) is 3.12. The van der Waals surface area contributed by atoms with Crippen molar-refractivity contribution in [1.82, 2.24) is 4.90 Å². The molecule has 0 saturated carbocycles. The van der Waals surface area contributed by atoms with Gasteiger partial charge in [0, 0.05) is 18.8 Å². The van der Waals surface area contributed by atoms with Crippen LogP contribution in [0.25, 0.3) is 0 Å². The molecule has 0 radical (unpaired) electrons. The van der Waals surface area contributed by atoms with Gasteiger partial charge in [-0.3, -0.25) is 0 Å². The van der Waals surface area contributed by atoms with Gasteiger partial charge in [0.05, 0.1) is 18.9 Å². The number of benzene rings is 1. The summed E-state index contributed by atoms with van der Waals surface area (Å²) in [4.78, 5) is 14.7. The van der Waals surface area contributed by atoms with Crippen molar-refractivity contribution in [2.45, 2.75) is 45.8 Å². The zero-order chi connectivity index (χ0) is 17.6. The van der Waals surface area contributed by atoms with Crippen LogP contribution in [0.4, 0.5) is 10.5 Å². The largest absolute Gasteiger partial charge is 0.467 e. The lowest BCUT2D eigenvalue weighted by Crippen LogP contribution is -2.39. The molecular weight excluding hydrogens is 316 g/mol. The maximum Gasteiger partial charge on any atom is 0.322 e. The van der Waals surface area contributed by atoms with E-state index in [1.807, 2.05) is 31.2 Å². The Labute approximate surface area is 149 Å². The molecule has 1 fully saturated rings. The molecule has 1 aromatic carbocycles. The van der Waals surface area contributed by atoms with Gasteiger partial charge in [-0.15, -0.1) is 0 Å². The van der Waals surface area contributed by atoms with Crippen LogP contribution in [0.2, 0.25) is 0 Å². The van der Waals surface area contributed by atoms with E-state index in [0.29, 0.717) is 13.1 Å². The van der Waals surface area contributed by atoms with Crippen molar-refractivity contribution in [2.75, 3.05) is 18.5 Å². The van der Waals surface area contributed by atoms with E-state index < -0.39 is 0 Å². The number of amides is 2. The molecule has 1 N–H and O–H groups in total. The number of hydrogen-bond acceptors (Lipinski definition) is 3. The number of carbonyl (C=O) groups excluding carboxylic acids is 1. The molecule has 25 heavy (non-hydrogen) atoms. The molecule has 2 amide bonds. The second kappa shape index (κ2) is 8.21. The lowest BCUT2D eigenvalue weighted by atomic mass is 10.1. The van der Waals surface area contributed by atoms with E-state index in [2.05, 4.69) is 18.3 Å². The minimum atomic E-state index is -0.115. The first kappa shape index (κ1) is 17.5. The molecule has 5 heteroatoms. The molecule has 1 aliphatic rings. The number of rotatable bonds is 6. The Kier molecular flexibility index (Phi) is 5.76. The summed E-state index contributed by atoms with van der Waals surface area (Å²) in [6.07, 6.45) is 4.66. The number of furan rings is 1. The molecule has 0 bridgehead atoms. The zero-order valence-corrected chi connectivity index (χ0v) is 15.0. The van der Waals surface area contributed by atoms with Crippen LogP contribution in [0.3, 0.4) is 0 Å². The molecule has 1 saturated heterocycles. The molecule has 0 spiro atoms. The molecule has 1 aromatic heterocycles. The summed E-state index contributed by atoms with van der Waals surface area (Å²) in [7, 11) is 0. The van der Waals surface area contributed by atoms with Gasteiger partial charge in [-0.2, -0.15) is 0 Å². The average Bonchev–Trinajstić information content (AvgIpc) is 3.30. The SMILES string of the molecule is CCc1cccc(C)c1NC(=O)N(Cc1ccco1)CC1CCCO1. The van der Waals surface area contributed by atoms with E-state index >= 15 is 0 Å². The fourth-order valence-corrected chi connectivity index (χ4v) is 3.23. The zero-order valence-electron chi connectivity index (χ0n) is 15.0. The molecule has 2 heterocycles. The summed E-state index contributed by atoms with van der Waals surface area (Å²) in [6, 6.07) is 9.72. The van der Waals surface area contributed by atoms with Gasteiger partial charge in [-0.1, -0.05) is 25.1 Å². The number of nitrogens with one attached hydrogen (secondary N) is 1. The Morgan fingerprint density at radius 1 is 1.32 bits per heavy atom. The maximum absolute atomic E-state index is 13.0. The minimum Gasteiger partial charge on any atom is -0.467 e. The number of ether oxygens (including phenoxy) is 1. The monoisotopic (exact) mass is 342 g/mol. The van der Waals surface area contributed by atoms with E-state index in [-0.39, 0.29) is 12.1 Å². The van der Waals surface area contributed by atoms with Crippen LogP contribution < -0.4 is 5.32 Å². The first-order valence-corrected chi connectivity index (χ1v) is 8.95. The third kappa shape index (κ3) is 4.42. The van der Waals surface area contributed by atoms with Crippen molar-refractivity contribution in [3.8, 4) is 0 Å². The minimum absolute atomic E-state index is 0.100. The van der Waals surface area contributed by atoms with Crippen molar-refractivity contribution in [3.63, 3.8) is 0 Å². The summed E-state index contributed by atoms with van der Waals surface area (Å²) >= 11 is 0. The van der Waals surface area contributed by atoms with Crippen molar-refractivity contribution < 1.29 is 13.9 Å². The van der Waals surface area contributed by atoms with Gasteiger partial charge in [0.25, 0.3) is 0 Å². The summed E-state index contributed by atoms with van der Waals surface area (Å²) in [5.74, 6) is 0.772. The predicted molar refractivity (Wildman–Crippen MR) is 97.7 cm³/mol. The van der Waals surface area contributed by atoms with Crippen LogP contribution in [0.15, 0.2) is 41.0 Å². The fourth-order valence-electron chi connectivity index (χ4n) is 3.23. The van der Waals surface area contributed by atoms with Gasteiger partial charge in [0.1, 0.15) is 5.76 Å². The molecular formula is C20H26N2O3. The molecule has 0 aliphatic carbocycles. The Balaban J connectivity index is 1.76. The van der Waals surface area contributed by atoms with E-state index in [1.165, 1.54) is 0 Å². The van der Waals surface area contributed by atoms with Crippen LogP contribution in [0.1, 0.15) is 36.7 Å². The Morgan fingerprint density at radius 3 is 2.88 bits per heavy atom. The highest BCUT2D eigenvalue weighted by molar-refractivity contribution is 5.91. The topological polar surface area (TPSA) is 54.7 Å². The van der Waals surface area contributed by atoms with Crippen LogP contribution in [0, 0.1) is 6.92 Å². The second-order valence-corrected chi connectivity index (χ2v) is 6.49. The molecule has 134 valence electrons. The molecule has 5 nitrogen and oxygen atoms in total. The normalized spacial score (nSPS) is 16.8. The Hall–Kier alpha value is -2.27. The van der Waals surface area contributed by atoms with E-state index in [0.717, 1.165) is 48.4 Å². The van der Waals surface area contributed by atoms with Crippen molar-refractivity contribution in [2.24, 2.45) is 0 Å². The smallest absolute Gasteiger partial charge is 0.322 e. The van der Waals surface area contributed by atoms with Crippen molar-refractivity contribution in [1.29, 1.82) is 0 Å². The van der Waals surface area contributed by atoms with E-state index in [9.17, 15) is 4.79 Å². The standard InChI is InChI=1S/C20H26N2O3/c1-3-16-8-4-7-15(2)19(16)21-20(23)22(13-17-9-5-11-24-17)14-18-10-6-12-25-18/h4-5,7-9,11,18H,3,6,10,12-14H2,1-2H3,(H,21,23). The second-order valence-electron chi connectivity index (χ2n) is 6.49. The first-order valence-electron chi connectivity index (χ1n) is 8.95. The van der Waals surface area contributed by atoms with Gasteiger partial charge in [0.15, 0.2) is 0 Å². The highest BCUT2D eigenvalue weighted by atomic mass is 16.5. The molecule has 3 rings (SSSR count). The van der Waals surface area contributed by atoms with Gasteiger partial charge >= 0.3 is 6.03 Å². The number of hydrogen-bond donors (Lipinski definition) is 1. The summed E-state index contributed by atoms with van der Waals surface area (Å²) < 4.78 is 11.2. The number of para-hydroxylation sites is 1. The first-order chi connectivity index (χ1) is 12.2. The number of nitrogens with zero attached hydrogens (tertiary/aromatic N) is 1. The van der Waals surface area contributed by atoms with Gasteiger partial charge < -0.3 is 19.4 Å². The Morgan fingerprint density at radius 2 is 2.20 bits per heavy atom. The molecule has 1 unspecified atom stereocenters. The highest BCUT2D eigenvalue weighted by Crippen LogP contribution is 2.23. The Bertz CT molecular complexity index is 691. The fraction of sp³-hybridized carbons (Fsp3) is 0.450.